The van der Waals surface area contributed by atoms with Crippen LogP contribution >= 0.6 is 23.4 Å². The number of rotatable bonds is 9. The molecule has 1 rings (SSSR count). The lowest BCUT2D eigenvalue weighted by Crippen LogP contribution is -2.31. The molecule has 5 heteroatoms. The SMILES string of the molecule is CCCC(O)CNC(=O)CCCSc1ccc(Cl)cc1. The van der Waals surface area contributed by atoms with Gasteiger partial charge in [0.05, 0.1) is 6.10 Å². The first kappa shape index (κ1) is 17.3. The molecular formula is C15H22ClNO2S. The van der Waals surface area contributed by atoms with Crippen LogP contribution in [-0.4, -0.2) is 29.4 Å². The van der Waals surface area contributed by atoms with Crippen LogP contribution in [0.1, 0.15) is 32.6 Å². The molecule has 0 bridgehead atoms. The van der Waals surface area contributed by atoms with Gasteiger partial charge in [-0.15, -0.1) is 11.8 Å². The van der Waals surface area contributed by atoms with Gasteiger partial charge in [0.15, 0.2) is 0 Å². The number of aliphatic hydroxyl groups is 1. The molecule has 20 heavy (non-hydrogen) atoms. The molecule has 1 unspecified atom stereocenters. The summed E-state index contributed by atoms with van der Waals surface area (Å²) >= 11 is 7.53. The first-order valence-electron chi connectivity index (χ1n) is 6.95. The third-order valence-corrected chi connectivity index (χ3v) is 4.14. The van der Waals surface area contributed by atoms with E-state index in [4.69, 9.17) is 11.6 Å². The molecular weight excluding hydrogens is 294 g/mol. The monoisotopic (exact) mass is 315 g/mol. The van der Waals surface area contributed by atoms with Gasteiger partial charge in [-0.05, 0) is 42.9 Å². The van der Waals surface area contributed by atoms with E-state index >= 15 is 0 Å². The molecule has 1 atom stereocenters. The van der Waals surface area contributed by atoms with Gasteiger partial charge in [0, 0.05) is 22.9 Å². The van der Waals surface area contributed by atoms with E-state index in [1.807, 2.05) is 31.2 Å². The molecule has 1 aromatic rings. The lowest BCUT2D eigenvalue weighted by molar-refractivity contribution is -0.121. The molecule has 0 heterocycles. The van der Waals surface area contributed by atoms with Crippen molar-refractivity contribution < 1.29 is 9.90 Å². The van der Waals surface area contributed by atoms with Crippen molar-refractivity contribution in [3.8, 4) is 0 Å². The van der Waals surface area contributed by atoms with Crippen LogP contribution in [0.4, 0.5) is 0 Å². The van der Waals surface area contributed by atoms with E-state index in [0.717, 1.165) is 34.9 Å². The van der Waals surface area contributed by atoms with Gasteiger partial charge >= 0.3 is 0 Å². The minimum Gasteiger partial charge on any atom is -0.391 e. The molecule has 0 spiro atoms. The Hall–Kier alpha value is -0.710. The standard InChI is InChI=1S/C15H22ClNO2S/c1-2-4-13(18)11-17-15(19)5-3-10-20-14-8-6-12(16)7-9-14/h6-9,13,18H,2-5,10-11H2,1H3,(H,17,19). The summed E-state index contributed by atoms with van der Waals surface area (Å²) in [5.41, 5.74) is 0. The number of carbonyl (C=O) groups excluding carboxylic acids is 1. The molecule has 2 N–H and O–H groups in total. The lowest BCUT2D eigenvalue weighted by atomic mass is 10.2. The zero-order valence-corrected chi connectivity index (χ0v) is 13.3. The highest BCUT2D eigenvalue weighted by Crippen LogP contribution is 2.21. The van der Waals surface area contributed by atoms with Gasteiger partial charge in [0.1, 0.15) is 0 Å². The Morgan fingerprint density at radius 2 is 2.10 bits per heavy atom. The molecule has 0 fully saturated rings. The maximum absolute atomic E-state index is 11.6. The Labute approximate surface area is 130 Å². The Morgan fingerprint density at radius 3 is 2.75 bits per heavy atom. The lowest BCUT2D eigenvalue weighted by Gasteiger charge is -2.10. The van der Waals surface area contributed by atoms with Crippen molar-refractivity contribution in [1.82, 2.24) is 5.32 Å². The molecule has 0 aliphatic heterocycles. The fourth-order valence-corrected chi connectivity index (χ4v) is 2.69. The smallest absolute Gasteiger partial charge is 0.220 e. The number of hydrogen-bond acceptors (Lipinski definition) is 3. The van der Waals surface area contributed by atoms with Gasteiger partial charge in [-0.25, -0.2) is 0 Å². The van der Waals surface area contributed by atoms with Crippen molar-refractivity contribution in [2.45, 2.75) is 43.6 Å². The highest BCUT2D eigenvalue weighted by molar-refractivity contribution is 7.99. The second-order valence-electron chi connectivity index (χ2n) is 4.65. The van der Waals surface area contributed by atoms with E-state index in [1.165, 1.54) is 0 Å². The van der Waals surface area contributed by atoms with E-state index in [2.05, 4.69) is 5.32 Å². The van der Waals surface area contributed by atoms with Crippen LogP contribution in [0.3, 0.4) is 0 Å². The van der Waals surface area contributed by atoms with E-state index in [-0.39, 0.29) is 5.91 Å². The van der Waals surface area contributed by atoms with E-state index < -0.39 is 6.10 Å². The van der Waals surface area contributed by atoms with Crippen LogP contribution < -0.4 is 5.32 Å². The molecule has 0 saturated carbocycles. The normalized spacial score (nSPS) is 12.2. The van der Waals surface area contributed by atoms with Gasteiger partial charge in [-0.3, -0.25) is 4.79 Å². The van der Waals surface area contributed by atoms with E-state index in [1.54, 1.807) is 11.8 Å². The summed E-state index contributed by atoms with van der Waals surface area (Å²) < 4.78 is 0. The minimum absolute atomic E-state index is 0.0110. The quantitative estimate of drug-likeness (QED) is 0.542. The number of amides is 1. The third kappa shape index (κ3) is 7.78. The van der Waals surface area contributed by atoms with Crippen molar-refractivity contribution >= 4 is 29.3 Å². The molecule has 0 saturated heterocycles. The predicted octanol–water partition coefficient (Wildman–Crippen LogP) is 3.49. The summed E-state index contributed by atoms with van der Waals surface area (Å²) in [6, 6.07) is 7.69. The molecule has 1 aromatic carbocycles. The van der Waals surface area contributed by atoms with Crippen LogP contribution in [-0.2, 0) is 4.79 Å². The number of halogens is 1. The summed E-state index contributed by atoms with van der Waals surface area (Å²) in [6.45, 7) is 2.37. The number of nitrogens with one attached hydrogen (secondary N) is 1. The molecule has 112 valence electrons. The maximum Gasteiger partial charge on any atom is 0.220 e. The largest absolute Gasteiger partial charge is 0.391 e. The fourth-order valence-electron chi connectivity index (χ4n) is 1.71. The van der Waals surface area contributed by atoms with Crippen LogP contribution in [0.5, 0.6) is 0 Å². The Balaban J connectivity index is 2.08. The Morgan fingerprint density at radius 1 is 1.40 bits per heavy atom. The zero-order valence-electron chi connectivity index (χ0n) is 11.8. The first-order chi connectivity index (χ1) is 9.61. The topological polar surface area (TPSA) is 49.3 Å². The molecule has 1 amide bonds. The second kappa shape index (κ2) is 10.1. The van der Waals surface area contributed by atoms with Gasteiger partial charge in [-0.2, -0.15) is 0 Å². The number of benzene rings is 1. The third-order valence-electron chi connectivity index (χ3n) is 2.79. The average Bonchev–Trinajstić information content (AvgIpc) is 2.43. The number of aliphatic hydroxyl groups excluding tert-OH is 1. The summed E-state index contributed by atoms with van der Waals surface area (Å²) in [5, 5.41) is 13.0. The predicted molar refractivity (Wildman–Crippen MR) is 85.3 cm³/mol. The van der Waals surface area contributed by atoms with Gasteiger partial charge in [-0.1, -0.05) is 24.9 Å². The Bertz CT molecular complexity index is 397. The summed E-state index contributed by atoms with van der Waals surface area (Å²) in [4.78, 5) is 12.7. The molecule has 3 nitrogen and oxygen atoms in total. The number of carbonyl (C=O) groups is 1. The highest BCUT2D eigenvalue weighted by Gasteiger charge is 2.06. The van der Waals surface area contributed by atoms with Crippen molar-refractivity contribution in [1.29, 1.82) is 0 Å². The molecule has 0 radical (unpaired) electrons. The van der Waals surface area contributed by atoms with Crippen molar-refractivity contribution in [2.24, 2.45) is 0 Å². The number of thioether (sulfide) groups is 1. The summed E-state index contributed by atoms with van der Waals surface area (Å²) in [7, 11) is 0. The minimum atomic E-state index is -0.424. The first-order valence-corrected chi connectivity index (χ1v) is 8.31. The van der Waals surface area contributed by atoms with Gasteiger partial charge in [0.2, 0.25) is 5.91 Å². The average molecular weight is 316 g/mol. The van der Waals surface area contributed by atoms with Crippen LogP contribution in [0.2, 0.25) is 5.02 Å². The number of hydrogen-bond donors (Lipinski definition) is 2. The zero-order chi connectivity index (χ0) is 14.8. The Kier molecular flexibility index (Phi) is 8.74. The molecule has 0 aromatic heterocycles. The van der Waals surface area contributed by atoms with E-state index in [9.17, 15) is 9.90 Å². The fraction of sp³-hybridized carbons (Fsp3) is 0.533. The maximum atomic E-state index is 11.6. The van der Waals surface area contributed by atoms with Crippen molar-refractivity contribution in [3.63, 3.8) is 0 Å². The molecule has 0 aliphatic rings. The summed E-state index contributed by atoms with van der Waals surface area (Å²) in [5.74, 6) is 0.906. The van der Waals surface area contributed by atoms with Gasteiger partial charge < -0.3 is 10.4 Å². The van der Waals surface area contributed by atoms with Crippen LogP contribution in [0, 0.1) is 0 Å². The molecule has 0 aliphatic carbocycles. The second-order valence-corrected chi connectivity index (χ2v) is 6.26. The van der Waals surface area contributed by atoms with Gasteiger partial charge in [0.25, 0.3) is 0 Å². The van der Waals surface area contributed by atoms with Crippen LogP contribution in [0.25, 0.3) is 0 Å². The van der Waals surface area contributed by atoms with Crippen molar-refractivity contribution in [3.05, 3.63) is 29.3 Å². The highest BCUT2D eigenvalue weighted by atomic mass is 35.5. The van der Waals surface area contributed by atoms with Crippen LogP contribution in [0.15, 0.2) is 29.2 Å². The van der Waals surface area contributed by atoms with E-state index in [0.29, 0.717) is 13.0 Å². The summed E-state index contributed by atoms with van der Waals surface area (Å²) in [6.07, 6.45) is 2.55. The van der Waals surface area contributed by atoms with Crippen molar-refractivity contribution in [2.75, 3.05) is 12.3 Å².